The Morgan fingerprint density at radius 1 is 1.24 bits per heavy atom. The molecule has 0 radical (unpaired) electrons. The van der Waals surface area contributed by atoms with E-state index in [0.29, 0.717) is 42.1 Å². The standard InChI is InChI=1S/C20H23N9O3S/c1-3-33(31,32)15-6-4-5-13-16(15)25-20(24-14-10-21-7-8-22-19(14)30)29-18(13)26-17(27-29)12-9-23-28(2)11-12/h4-6,9,11,14,21H,3,7-8,10H2,1-2H3,(H,22,30)(H,24,25)/t14-/m1/s1. The molecule has 1 aromatic carbocycles. The summed E-state index contributed by atoms with van der Waals surface area (Å²) in [6.07, 6.45) is 3.43. The molecule has 172 valence electrons. The first kappa shape index (κ1) is 21.3. The van der Waals surface area contributed by atoms with Gasteiger partial charge in [0.25, 0.3) is 0 Å². The van der Waals surface area contributed by atoms with E-state index in [1.165, 1.54) is 10.6 Å². The highest BCUT2D eigenvalue weighted by atomic mass is 32.2. The van der Waals surface area contributed by atoms with Crippen molar-refractivity contribution in [2.75, 3.05) is 30.7 Å². The fourth-order valence-corrected chi connectivity index (χ4v) is 4.82. The molecule has 1 saturated heterocycles. The second-order valence-electron chi connectivity index (χ2n) is 7.76. The highest BCUT2D eigenvalue weighted by Gasteiger charge is 2.25. The first-order valence-electron chi connectivity index (χ1n) is 10.5. The minimum Gasteiger partial charge on any atom is -0.353 e. The fraction of sp³-hybridized carbons (Fsp3) is 0.350. The van der Waals surface area contributed by atoms with Gasteiger partial charge in [-0.1, -0.05) is 13.0 Å². The summed E-state index contributed by atoms with van der Waals surface area (Å²) in [6.45, 7) is 3.14. The maximum atomic E-state index is 12.8. The Labute approximate surface area is 189 Å². The molecule has 4 aromatic rings. The number of aryl methyl sites for hydroxylation is 1. The lowest BCUT2D eigenvalue weighted by molar-refractivity contribution is -0.121. The number of amides is 1. The molecule has 12 nitrogen and oxygen atoms in total. The van der Waals surface area contributed by atoms with Crippen molar-refractivity contribution in [3.63, 3.8) is 0 Å². The molecule has 13 heteroatoms. The van der Waals surface area contributed by atoms with Crippen LogP contribution in [0.5, 0.6) is 0 Å². The van der Waals surface area contributed by atoms with E-state index in [4.69, 9.17) is 0 Å². The van der Waals surface area contributed by atoms with E-state index >= 15 is 0 Å². The minimum absolute atomic E-state index is 0.0652. The molecular formula is C20H23N9O3S. The molecule has 1 atom stereocenters. The number of hydrogen-bond donors (Lipinski definition) is 3. The van der Waals surface area contributed by atoms with E-state index < -0.39 is 15.9 Å². The third kappa shape index (κ3) is 3.78. The molecule has 1 amide bonds. The van der Waals surface area contributed by atoms with E-state index in [1.807, 2.05) is 0 Å². The number of carbonyl (C=O) groups is 1. The summed E-state index contributed by atoms with van der Waals surface area (Å²) in [5, 5.41) is 18.5. The zero-order valence-corrected chi connectivity index (χ0v) is 18.9. The lowest BCUT2D eigenvalue weighted by Gasteiger charge is -2.17. The number of nitrogens with one attached hydrogen (secondary N) is 3. The second-order valence-corrected chi connectivity index (χ2v) is 10.0. The van der Waals surface area contributed by atoms with Crippen molar-refractivity contribution in [1.82, 2.24) is 40.0 Å². The zero-order valence-electron chi connectivity index (χ0n) is 18.1. The third-order valence-electron chi connectivity index (χ3n) is 5.51. The van der Waals surface area contributed by atoms with Gasteiger partial charge in [-0.05, 0) is 12.1 Å². The molecule has 0 spiro atoms. The van der Waals surface area contributed by atoms with Crippen molar-refractivity contribution in [3.8, 4) is 11.4 Å². The summed E-state index contributed by atoms with van der Waals surface area (Å²) in [4.78, 5) is 21.9. The van der Waals surface area contributed by atoms with Gasteiger partial charge in [0.1, 0.15) is 6.04 Å². The molecular weight excluding hydrogens is 446 g/mol. The molecule has 0 unspecified atom stereocenters. The van der Waals surface area contributed by atoms with E-state index in [2.05, 4.69) is 36.1 Å². The predicted octanol–water partition coefficient (Wildman–Crippen LogP) is -0.0285. The number of fused-ring (bicyclic) bond motifs is 3. The average molecular weight is 470 g/mol. The van der Waals surface area contributed by atoms with Crippen molar-refractivity contribution < 1.29 is 13.2 Å². The van der Waals surface area contributed by atoms with E-state index in [9.17, 15) is 13.2 Å². The molecule has 1 aliphatic heterocycles. The Morgan fingerprint density at radius 3 is 2.85 bits per heavy atom. The highest BCUT2D eigenvalue weighted by molar-refractivity contribution is 7.91. The second kappa shape index (κ2) is 8.08. The van der Waals surface area contributed by atoms with Crippen LogP contribution in [0.3, 0.4) is 0 Å². The van der Waals surface area contributed by atoms with Crippen LogP contribution in [0.1, 0.15) is 6.92 Å². The maximum absolute atomic E-state index is 12.8. The fourth-order valence-electron chi connectivity index (χ4n) is 3.77. The molecule has 0 aliphatic carbocycles. The molecule has 1 fully saturated rings. The summed E-state index contributed by atoms with van der Waals surface area (Å²) >= 11 is 0. The zero-order chi connectivity index (χ0) is 23.2. The van der Waals surface area contributed by atoms with E-state index in [-0.39, 0.29) is 28.0 Å². The Hall–Kier alpha value is -3.58. The van der Waals surface area contributed by atoms with Crippen molar-refractivity contribution in [3.05, 3.63) is 30.6 Å². The summed E-state index contributed by atoms with van der Waals surface area (Å²) in [6, 6.07) is 4.34. The van der Waals surface area contributed by atoms with Crippen LogP contribution in [0.25, 0.3) is 27.9 Å². The Balaban J connectivity index is 1.76. The Morgan fingerprint density at radius 2 is 2.09 bits per heavy atom. The van der Waals surface area contributed by atoms with Crippen molar-refractivity contribution in [2.24, 2.45) is 7.05 Å². The van der Waals surface area contributed by atoms with Crippen LogP contribution in [0, 0.1) is 0 Å². The molecule has 0 bridgehead atoms. The molecule has 0 saturated carbocycles. The third-order valence-corrected chi connectivity index (χ3v) is 7.27. The topological polar surface area (TPSA) is 148 Å². The number of carbonyl (C=O) groups excluding carboxylic acids is 1. The van der Waals surface area contributed by atoms with Gasteiger partial charge in [0, 0.05) is 38.3 Å². The van der Waals surface area contributed by atoms with Gasteiger partial charge in [-0.2, -0.15) is 9.61 Å². The monoisotopic (exact) mass is 469 g/mol. The van der Waals surface area contributed by atoms with Crippen LogP contribution in [0.4, 0.5) is 5.95 Å². The van der Waals surface area contributed by atoms with Crippen LogP contribution < -0.4 is 16.0 Å². The van der Waals surface area contributed by atoms with Crippen molar-refractivity contribution in [1.29, 1.82) is 0 Å². The minimum atomic E-state index is -3.55. The summed E-state index contributed by atoms with van der Waals surface area (Å²) in [5.41, 5.74) is 1.41. The van der Waals surface area contributed by atoms with Crippen LogP contribution in [-0.4, -0.2) is 75.1 Å². The molecule has 4 heterocycles. The number of para-hydroxylation sites is 1. The van der Waals surface area contributed by atoms with E-state index in [1.54, 1.807) is 43.2 Å². The quantitative estimate of drug-likeness (QED) is 0.366. The summed E-state index contributed by atoms with van der Waals surface area (Å²) in [5.74, 6) is 0.386. The van der Waals surface area contributed by atoms with Crippen LogP contribution in [0.15, 0.2) is 35.5 Å². The summed E-state index contributed by atoms with van der Waals surface area (Å²) < 4.78 is 28.7. The SMILES string of the molecule is CCS(=O)(=O)c1cccc2c1nc(N[C@@H]1CNCCNC1=O)n1nc(-c3cnn(C)c3)nc21. The molecule has 5 rings (SSSR count). The van der Waals surface area contributed by atoms with Crippen molar-refractivity contribution >= 4 is 38.2 Å². The van der Waals surface area contributed by atoms with Crippen molar-refractivity contribution in [2.45, 2.75) is 17.9 Å². The highest BCUT2D eigenvalue weighted by Crippen LogP contribution is 2.29. The van der Waals surface area contributed by atoms with Gasteiger partial charge in [-0.15, -0.1) is 5.10 Å². The average Bonchev–Trinajstić information content (AvgIpc) is 3.39. The van der Waals surface area contributed by atoms with Gasteiger partial charge >= 0.3 is 0 Å². The van der Waals surface area contributed by atoms with Gasteiger partial charge in [-0.3, -0.25) is 9.48 Å². The molecule has 1 aliphatic rings. The smallest absolute Gasteiger partial charge is 0.243 e. The van der Waals surface area contributed by atoms with Gasteiger partial charge in [0.15, 0.2) is 21.3 Å². The van der Waals surface area contributed by atoms with Crippen LogP contribution >= 0.6 is 0 Å². The number of sulfone groups is 1. The lowest BCUT2D eigenvalue weighted by Crippen LogP contribution is -2.42. The molecule has 3 aromatic heterocycles. The largest absolute Gasteiger partial charge is 0.353 e. The van der Waals surface area contributed by atoms with Gasteiger partial charge in [0.05, 0.1) is 27.9 Å². The van der Waals surface area contributed by atoms with Crippen LogP contribution in [-0.2, 0) is 21.7 Å². The summed E-state index contributed by atoms with van der Waals surface area (Å²) in [7, 11) is -1.76. The molecule has 33 heavy (non-hydrogen) atoms. The first-order chi connectivity index (χ1) is 15.9. The number of hydrogen-bond acceptors (Lipinski definition) is 9. The number of aromatic nitrogens is 6. The van der Waals surface area contributed by atoms with Gasteiger partial charge in [0.2, 0.25) is 11.9 Å². The Kier molecular flexibility index (Phi) is 5.21. The van der Waals surface area contributed by atoms with Gasteiger partial charge < -0.3 is 16.0 Å². The predicted molar refractivity (Wildman–Crippen MR) is 122 cm³/mol. The first-order valence-corrected chi connectivity index (χ1v) is 12.2. The molecule has 3 N–H and O–H groups in total. The number of nitrogens with zero attached hydrogens (tertiary/aromatic N) is 6. The number of anilines is 1. The Bertz CT molecular complexity index is 1470. The van der Waals surface area contributed by atoms with Crippen LogP contribution in [0.2, 0.25) is 0 Å². The number of rotatable bonds is 5. The normalized spacial score (nSPS) is 17.3. The number of benzene rings is 1. The van der Waals surface area contributed by atoms with Gasteiger partial charge in [-0.25, -0.2) is 18.4 Å². The maximum Gasteiger partial charge on any atom is 0.243 e. The lowest BCUT2D eigenvalue weighted by atomic mass is 10.2. The van der Waals surface area contributed by atoms with E-state index in [0.717, 1.165) is 0 Å².